The Hall–Kier alpha value is -3.02. The van der Waals surface area contributed by atoms with Crippen molar-refractivity contribution in [2.45, 2.75) is 25.3 Å². The molecule has 3 atom stereocenters. The van der Waals surface area contributed by atoms with Crippen LogP contribution in [0.15, 0.2) is 54.9 Å². The third-order valence-electron chi connectivity index (χ3n) is 5.47. The SMILES string of the molecule is c1ccc(-c2nc(Nc3ccncc3)nc(N[C@@H]3CC4CC[C@@H]43)n2)cc1. The average molecular weight is 344 g/mol. The molecule has 0 radical (unpaired) electrons. The fourth-order valence-corrected chi connectivity index (χ4v) is 3.83. The summed E-state index contributed by atoms with van der Waals surface area (Å²) < 4.78 is 0. The first-order chi connectivity index (χ1) is 12.8. The van der Waals surface area contributed by atoms with Crippen molar-refractivity contribution in [2.75, 3.05) is 10.6 Å². The number of hydrogen-bond acceptors (Lipinski definition) is 6. The van der Waals surface area contributed by atoms with Crippen LogP contribution in [0.3, 0.4) is 0 Å². The van der Waals surface area contributed by atoms with Crippen LogP contribution in [0.25, 0.3) is 11.4 Å². The van der Waals surface area contributed by atoms with Gasteiger partial charge in [0.15, 0.2) is 5.82 Å². The topological polar surface area (TPSA) is 75.6 Å². The summed E-state index contributed by atoms with van der Waals surface area (Å²) in [6.45, 7) is 0. The van der Waals surface area contributed by atoms with Gasteiger partial charge >= 0.3 is 0 Å². The molecule has 5 rings (SSSR count). The zero-order valence-corrected chi connectivity index (χ0v) is 14.3. The molecule has 26 heavy (non-hydrogen) atoms. The number of hydrogen-bond donors (Lipinski definition) is 2. The van der Waals surface area contributed by atoms with Gasteiger partial charge in [0.05, 0.1) is 0 Å². The van der Waals surface area contributed by atoms with E-state index in [0.29, 0.717) is 23.8 Å². The zero-order chi connectivity index (χ0) is 17.3. The van der Waals surface area contributed by atoms with E-state index < -0.39 is 0 Å². The molecular formula is C20H20N6. The molecule has 0 aliphatic heterocycles. The van der Waals surface area contributed by atoms with Gasteiger partial charge in [0.2, 0.25) is 11.9 Å². The van der Waals surface area contributed by atoms with Gasteiger partial charge < -0.3 is 10.6 Å². The zero-order valence-electron chi connectivity index (χ0n) is 14.3. The lowest BCUT2D eigenvalue weighted by Crippen LogP contribution is -2.52. The van der Waals surface area contributed by atoms with Gasteiger partial charge in [-0.3, -0.25) is 4.98 Å². The van der Waals surface area contributed by atoms with E-state index >= 15 is 0 Å². The molecule has 1 unspecified atom stereocenters. The Balaban J connectivity index is 1.46. The third-order valence-corrected chi connectivity index (χ3v) is 5.47. The quantitative estimate of drug-likeness (QED) is 0.731. The van der Waals surface area contributed by atoms with Crippen molar-refractivity contribution in [3.63, 3.8) is 0 Å². The van der Waals surface area contributed by atoms with Crippen LogP contribution in [-0.4, -0.2) is 26.0 Å². The van der Waals surface area contributed by atoms with Crippen molar-refractivity contribution in [1.82, 2.24) is 19.9 Å². The van der Waals surface area contributed by atoms with E-state index in [-0.39, 0.29) is 0 Å². The van der Waals surface area contributed by atoms with E-state index in [1.165, 1.54) is 19.3 Å². The van der Waals surface area contributed by atoms with Crippen molar-refractivity contribution < 1.29 is 0 Å². The first-order valence-corrected chi connectivity index (χ1v) is 9.10. The Kier molecular flexibility index (Phi) is 3.74. The summed E-state index contributed by atoms with van der Waals surface area (Å²) in [5.41, 5.74) is 1.88. The molecule has 2 aliphatic carbocycles. The minimum absolute atomic E-state index is 0.494. The number of nitrogens with zero attached hydrogens (tertiary/aromatic N) is 4. The maximum atomic E-state index is 4.66. The molecule has 130 valence electrons. The molecule has 2 heterocycles. The normalized spacial score (nSPS) is 23.3. The second kappa shape index (κ2) is 6.37. The summed E-state index contributed by atoms with van der Waals surface area (Å²) in [6, 6.07) is 14.3. The number of anilines is 3. The second-order valence-electron chi connectivity index (χ2n) is 7.02. The standard InChI is InChI=1S/C20H20N6/c1-2-4-13(5-3-1)18-24-19(22-15-8-10-21-11-9-15)26-20(25-18)23-17-12-14-6-7-16(14)17/h1-5,8-11,14,16-17H,6-7,12H2,(H2,21,22,23,24,25,26)/t14?,16-,17+/m0/s1. The summed E-state index contributed by atoms with van der Waals surface area (Å²) in [6.07, 6.45) is 7.41. The largest absolute Gasteiger partial charge is 0.351 e. The summed E-state index contributed by atoms with van der Waals surface area (Å²) in [4.78, 5) is 17.9. The highest BCUT2D eigenvalue weighted by atomic mass is 15.2. The Morgan fingerprint density at radius 2 is 1.65 bits per heavy atom. The van der Waals surface area contributed by atoms with E-state index in [2.05, 4.69) is 30.6 Å². The summed E-state index contributed by atoms with van der Waals surface area (Å²) in [5.74, 6) is 3.56. The Labute approximate surface area is 152 Å². The van der Waals surface area contributed by atoms with Crippen LogP contribution in [0.1, 0.15) is 19.3 Å². The van der Waals surface area contributed by atoms with Gasteiger partial charge in [0, 0.05) is 29.7 Å². The van der Waals surface area contributed by atoms with Crippen LogP contribution in [-0.2, 0) is 0 Å². The second-order valence-corrected chi connectivity index (χ2v) is 7.02. The van der Waals surface area contributed by atoms with E-state index in [1.54, 1.807) is 12.4 Å². The van der Waals surface area contributed by atoms with Crippen LogP contribution in [0.5, 0.6) is 0 Å². The number of pyridine rings is 1. The van der Waals surface area contributed by atoms with Crippen LogP contribution < -0.4 is 10.6 Å². The molecule has 2 aromatic heterocycles. The summed E-state index contributed by atoms with van der Waals surface area (Å²) >= 11 is 0. The predicted octanol–water partition coefficient (Wildman–Crippen LogP) is 3.89. The minimum Gasteiger partial charge on any atom is -0.351 e. The van der Waals surface area contributed by atoms with Crippen LogP contribution in [0.4, 0.5) is 17.6 Å². The summed E-state index contributed by atoms with van der Waals surface area (Å²) in [5, 5.41) is 6.79. The lowest BCUT2D eigenvalue weighted by atomic mass is 9.56. The van der Waals surface area contributed by atoms with Gasteiger partial charge in [0.25, 0.3) is 0 Å². The number of fused-ring (bicyclic) bond motifs is 1. The van der Waals surface area contributed by atoms with Gasteiger partial charge in [-0.05, 0) is 43.2 Å². The molecule has 2 saturated carbocycles. The van der Waals surface area contributed by atoms with Gasteiger partial charge in [-0.2, -0.15) is 15.0 Å². The van der Waals surface area contributed by atoms with Crippen LogP contribution in [0, 0.1) is 11.8 Å². The molecule has 2 N–H and O–H groups in total. The van der Waals surface area contributed by atoms with E-state index in [1.807, 2.05) is 42.5 Å². The Morgan fingerprint density at radius 1 is 0.846 bits per heavy atom. The molecule has 0 amide bonds. The fourth-order valence-electron chi connectivity index (χ4n) is 3.83. The highest BCUT2D eigenvalue weighted by Gasteiger charge is 2.47. The Bertz CT molecular complexity index is 899. The van der Waals surface area contributed by atoms with Crippen LogP contribution >= 0.6 is 0 Å². The smallest absolute Gasteiger partial charge is 0.232 e. The number of nitrogens with one attached hydrogen (secondary N) is 2. The highest BCUT2D eigenvalue weighted by Crippen LogP contribution is 2.50. The molecule has 6 nitrogen and oxygen atoms in total. The van der Waals surface area contributed by atoms with E-state index in [4.69, 9.17) is 0 Å². The first-order valence-electron chi connectivity index (χ1n) is 9.10. The van der Waals surface area contributed by atoms with Crippen molar-refractivity contribution in [3.05, 3.63) is 54.9 Å². The molecular weight excluding hydrogens is 324 g/mol. The fraction of sp³-hybridized carbons (Fsp3) is 0.300. The number of rotatable bonds is 5. The van der Waals surface area contributed by atoms with E-state index in [0.717, 1.165) is 23.1 Å². The third kappa shape index (κ3) is 2.87. The lowest BCUT2D eigenvalue weighted by Gasteiger charge is -2.53. The highest BCUT2D eigenvalue weighted by molar-refractivity contribution is 5.60. The van der Waals surface area contributed by atoms with Crippen molar-refractivity contribution in [3.8, 4) is 11.4 Å². The molecule has 0 spiro atoms. The Morgan fingerprint density at radius 3 is 2.35 bits per heavy atom. The number of aromatic nitrogens is 4. The van der Waals surface area contributed by atoms with Crippen molar-refractivity contribution >= 4 is 17.6 Å². The molecule has 0 saturated heterocycles. The maximum Gasteiger partial charge on any atom is 0.232 e. The predicted molar refractivity (Wildman–Crippen MR) is 101 cm³/mol. The first kappa shape index (κ1) is 15.3. The van der Waals surface area contributed by atoms with Gasteiger partial charge in [-0.25, -0.2) is 0 Å². The molecule has 2 fully saturated rings. The van der Waals surface area contributed by atoms with E-state index in [9.17, 15) is 0 Å². The van der Waals surface area contributed by atoms with Crippen molar-refractivity contribution in [2.24, 2.45) is 11.8 Å². The monoisotopic (exact) mass is 344 g/mol. The van der Waals surface area contributed by atoms with Crippen LogP contribution in [0.2, 0.25) is 0 Å². The molecule has 2 aliphatic rings. The van der Waals surface area contributed by atoms with Gasteiger partial charge in [-0.1, -0.05) is 30.3 Å². The molecule has 3 aromatic rings. The van der Waals surface area contributed by atoms with Crippen molar-refractivity contribution in [1.29, 1.82) is 0 Å². The average Bonchev–Trinajstić information content (AvgIpc) is 2.67. The van der Waals surface area contributed by atoms with Gasteiger partial charge in [-0.15, -0.1) is 0 Å². The molecule has 0 bridgehead atoms. The van der Waals surface area contributed by atoms with Gasteiger partial charge in [0.1, 0.15) is 0 Å². The lowest BCUT2D eigenvalue weighted by molar-refractivity contribution is 0.0359. The summed E-state index contributed by atoms with van der Waals surface area (Å²) in [7, 11) is 0. The minimum atomic E-state index is 0.494. The molecule has 1 aromatic carbocycles. The molecule has 6 heteroatoms. The number of benzene rings is 1. The maximum absolute atomic E-state index is 4.66.